The van der Waals surface area contributed by atoms with E-state index in [1.165, 1.54) is 24.3 Å². The van der Waals surface area contributed by atoms with E-state index in [4.69, 9.17) is 4.74 Å². The molecule has 0 radical (unpaired) electrons. The van der Waals surface area contributed by atoms with Crippen LogP contribution in [0.4, 0.5) is 19.0 Å². The van der Waals surface area contributed by atoms with E-state index in [1.54, 1.807) is 36.1 Å². The van der Waals surface area contributed by atoms with Crippen molar-refractivity contribution in [2.45, 2.75) is 49.1 Å². The lowest BCUT2D eigenvalue weighted by molar-refractivity contribution is -0.137. The fourth-order valence-corrected chi connectivity index (χ4v) is 5.47. The maximum absolute atomic E-state index is 13.3. The second-order valence-corrected chi connectivity index (χ2v) is 11.5. The number of benzene rings is 2. The van der Waals surface area contributed by atoms with Crippen molar-refractivity contribution in [3.8, 4) is 16.9 Å². The molecule has 2 fully saturated rings. The molecular weight excluding hydrogens is 535 g/mol. The number of nitrogens with zero attached hydrogens (tertiary/aromatic N) is 2. The third kappa shape index (κ3) is 5.71. The second kappa shape index (κ2) is 9.83. The van der Waals surface area contributed by atoms with Gasteiger partial charge >= 0.3 is 6.18 Å². The van der Waals surface area contributed by atoms with Gasteiger partial charge in [-0.25, -0.2) is 9.71 Å². The topological polar surface area (TPSA) is 109 Å². The molecule has 1 saturated heterocycles. The number of alkyl halides is 3. The van der Waals surface area contributed by atoms with Crippen molar-refractivity contribution in [1.29, 1.82) is 0 Å². The quantitative estimate of drug-likeness (QED) is 0.448. The van der Waals surface area contributed by atoms with Crippen LogP contribution in [0.25, 0.3) is 11.1 Å². The Bertz CT molecular complexity index is 1520. The number of carbonyl (C=O) groups excluding carboxylic acids is 1. The molecule has 2 aromatic carbocycles. The fraction of sp³-hybridized carbons (Fsp3) is 0.333. The van der Waals surface area contributed by atoms with Gasteiger partial charge in [0.2, 0.25) is 0 Å². The molecule has 2 N–H and O–H groups in total. The first-order chi connectivity index (χ1) is 18.4. The summed E-state index contributed by atoms with van der Waals surface area (Å²) >= 11 is 0. The first kappa shape index (κ1) is 26.9. The van der Waals surface area contributed by atoms with Crippen LogP contribution in [0.15, 0.2) is 65.7 Å². The van der Waals surface area contributed by atoms with Crippen molar-refractivity contribution in [3.63, 3.8) is 0 Å². The van der Waals surface area contributed by atoms with Gasteiger partial charge in [0.1, 0.15) is 11.6 Å². The molecular formula is C27H26F3N3O5S. The highest BCUT2D eigenvalue weighted by Crippen LogP contribution is 2.44. The summed E-state index contributed by atoms with van der Waals surface area (Å²) in [5, 5.41) is 9.42. The van der Waals surface area contributed by atoms with Crippen molar-refractivity contribution in [2.24, 2.45) is 0 Å². The molecule has 2 heterocycles. The van der Waals surface area contributed by atoms with E-state index in [9.17, 15) is 31.5 Å². The number of hydrogen-bond acceptors (Lipinski definition) is 7. The number of nitrogens with one attached hydrogen (secondary N) is 1. The number of carbonyl (C=O) groups is 1. The molecule has 39 heavy (non-hydrogen) atoms. The lowest BCUT2D eigenvalue weighted by Crippen LogP contribution is -2.43. The van der Waals surface area contributed by atoms with Gasteiger partial charge < -0.3 is 14.7 Å². The predicted octanol–water partition coefficient (Wildman–Crippen LogP) is 4.06. The smallest absolute Gasteiger partial charge is 0.416 e. The molecule has 206 valence electrons. The Morgan fingerprint density at radius 3 is 2.54 bits per heavy atom. The number of amides is 1. The minimum atomic E-state index is -4.53. The van der Waals surface area contributed by atoms with Gasteiger partial charge in [-0.1, -0.05) is 30.3 Å². The van der Waals surface area contributed by atoms with Crippen molar-refractivity contribution < 1.29 is 36.2 Å². The van der Waals surface area contributed by atoms with E-state index < -0.39 is 39.4 Å². The molecule has 8 nitrogen and oxygen atoms in total. The zero-order valence-corrected chi connectivity index (χ0v) is 21.7. The van der Waals surface area contributed by atoms with Gasteiger partial charge in [-0.2, -0.15) is 21.6 Å². The molecule has 12 heteroatoms. The summed E-state index contributed by atoms with van der Waals surface area (Å²) < 4.78 is 74.1. The summed E-state index contributed by atoms with van der Waals surface area (Å²) in [6, 6.07) is 14.1. The van der Waals surface area contributed by atoms with Crippen LogP contribution in [-0.2, 0) is 21.0 Å². The molecule has 1 aromatic heterocycles. The van der Waals surface area contributed by atoms with Crippen LogP contribution in [0.2, 0.25) is 0 Å². The Kier molecular flexibility index (Phi) is 6.79. The predicted molar refractivity (Wildman–Crippen MR) is 137 cm³/mol. The van der Waals surface area contributed by atoms with E-state index in [2.05, 4.69) is 9.71 Å². The van der Waals surface area contributed by atoms with Crippen LogP contribution in [0.3, 0.4) is 0 Å². The number of aryl methyl sites for hydroxylation is 1. The SMILES string of the molecule is Cc1ccc(-c2cccc(C(F)(F)F)c2)c(OC2(C(=O)NS(=O)(=O)c3cccc(N4CC[C@H](O)C4)n3)CC2)c1. The van der Waals surface area contributed by atoms with Gasteiger partial charge in [0.05, 0.1) is 11.7 Å². The molecule has 3 aromatic rings. The van der Waals surface area contributed by atoms with Gasteiger partial charge in [-0.3, -0.25) is 4.79 Å². The van der Waals surface area contributed by atoms with Gasteiger partial charge in [0.15, 0.2) is 10.6 Å². The van der Waals surface area contributed by atoms with Crippen molar-refractivity contribution in [2.75, 3.05) is 18.0 Å². The number of sulfonamides is 1. The Morgan fingerprint density at radius 1 is 1.13 bits per heavy atom. The Balaban J connectivity index is 1.38. The van der Waals surface area contributed by atoms with Crippen molar-refractivity contribution in [3.05, 3.63) is 71.8 Å². The largest absolute Gasteiger partial charge is 0.477 e. The third-order valence-electron chi connectivity index (χ3n) is 6.76. The average molecular weight is 562 g/mol. The van der Waals surface area contributed by atoms with E-state index in [0.29, 0.717) is 30.9 Å². The lowest BCUT2D eigenvalue weighted by atomic mass is 10.0. The highest BCUT2D eigenvalue weighted by Gasteiger charge is 2.54. The summed E-state index contributed by atoms with van der Waals surface area (Å²) in [5.41, 5.74) is -0.978. The van der Waals surface area contributed by atoms with Crippen LogP contribution in [0.1, 0.15) is 30.4 Å². The third-order valence-corrected chi connectivity index (χ3v) is 7.99. The molecule has 1 aliphatic heterocycles. The highest BCUT2D eigenvalue weighted by molar-refractivity contribution is 7.90. The van der Waals surface area contributed by atoms with E-state index in [0.717, 1.165) is 17.7 Å². The summed E-state index contributed by atoms with van der Waals surface area (Å²) in [6.07, 6.45) is -4.07. The average Bonchev–Trinajstić information content (AvgIpc) is 3.54. The summed E-state index contributed by atoms with van der Waals surface area (Å²) in [7, 11) is -4.36. The molecule has 0 unspecified atom stereocenters. The number of halogens is 3. The number of hydrogen-bond donors (Lipinski definition) is 2. The monoisotopic (exact) mass is 561 g/mol. The first-order valence-electron chi connectivity index (χ1n) is 12.3. The highest BCUT2D eigenvalue weighted by atomic mass is 32.2. The molecule has 1 amide bonds. The van der Waals surface area contributed by atoms with E-state index in [1.807, 2.05) is 0 Å². The lowest BCUT2D eigenvalue weighted by Gasteiger charge is -2.21. The number of β-amino-alcohol motifs (C(OH)–C–C–N with tert-alkyl or cyclic N) is 1. The van der Waals surface area contributed by atoms with Gasteiger partial charge in [0.25, 0.3) is 15.9 Å². The standard InChI is InChI=1S/C27H26F3N3O5S/c1-17-8-9-21(18-4-2-5-19(15-18)27(28,29)30)22(14-17)38-26(11-12-26)25(35)32-39(36,37)24-7-3-6-23(31-24)33-13-10-20(34)16-33/h2-9,14-15,20,34H,10-13,16H2,1H3,(H,32,35)/t20-/m0/s1. The Labute approximate surface area is 223 Å². The van der Waals surface area contributed by atoms with E-state index in [-0.39, 0.29) is 29.2 Å². The molecule has 0 spiro atoms. The van der Waals surface area contributed by atoms with Crippen LogP contribution >= 0.6 is 0 Å². The van der Waals surface area contributed by atoms with Gasteiger partial charge in [-0.05, 0) is 54.8 Å². The summed E-state index contributed by atoms with van der Waals surface area (Å²) in [6.45, 7) is 2.61. The van der Waals surface area contributed by atoms with Crippen LogP contribution < -0.4 is 14.4 Å². The second-order valence-electron chi connectivity index (χ2n) is 9.83. The van der Waals surface area contributed by atoms with Crippen molar-refractivity contribution in [1.82, 2.24) is 9.71 Å². The minimum absolute atomic E-state index is 0.173. The number of aliphatic hydroxyl groups is 1. The number of anilines is 1. The molecule has 1 saturated carbocycles. The Hall–Kier alpha value is -3.64. The molecule has 1 atom stereocenters. The zero-order chi connectivity index (χ0) is 28.0. The number of aromatic nitrogens is 1. The van der Waals surface area contributed by atoms with Gasteiger partial charge in [-0.15, -0.1) is 0 Å². The maximum Gasteiger partial charge on any atom is 0.416 e. The number of pyridine rings is 1. The normalized spacial score (nSPS) is 18.6. The summed E-state index contributed by atoms with van der Waals surface area (Å²) in [5.74, 6) is -0.348. The van der Waals surface area contributed by atoms with Crippen LogP contribution in [0.5, 0.6) is 5.75 Å². The molecule has 1 aliphatic carbocycles. The number of aliphatic hydroxyl groups excluding tert-OH is 1. The summed E-state index contributed by atoms with van der Waals surface area (Å²) in [4.78, 5) is 19.1. The van der Waals surface area contributed by atoms with E-state index >= 15 is 0 Å². The van der Waals surface area contributed by atoms with Crippen LogP contribution in [0, 0.1) is 6.92 Å². The minimum Gasteiger partial charge on any atom is -0.477 e. The fourth-order valence-electron chi connectivity index (χ4n) is 4.46. The van der Waals surface area contributed by atoms with Gasteiger partial charge in [0, 0.05) is 31.5 Å². The molecule has 5 rings (SSSR count). The van der Waals surface area contributed by atoms with Crippen LogP contribution in [-0.4, -0.2) is 49.2 Å². The van der Waals surface area contributed by atoms with Crippen molar-refractivity contribution >= 4 is 21.7 Å². The molecule has 0 bridgehead atoms. The zero-order valence-electron chi connectivity index (χ0n) is 20.9. The molecule has 2 aliphatic rings. The maximum atomic E-state index is 13.3. The first-order valence-corrected chi connectivity index (χ1v) is 13.8. The Morgan fingerprint density at radius 2 is 1.87 bits per heavy atom. The number of ether oxygens (including phenoxy) is 1. The number of rotatable bonds is 7.